The van der Waals surface area contributed by atoms with E-state index < -0.39 is 28.6 Å². The van der Waals surface area contributed by atoms with E-state index in [-0.39, 0.29) is 10.6 Å². The second kappa shape index (κ2) is 5.47. The molecule has 1 rings (SSSR count). The summed E-state index contributed by atoms with van der Waals surface area (Å²) in [5.41, 5.74) is 0.185. The van der Waals surface area contributed by atoms with Crippen LogP contribution in [0.1, 0.15) is 0 Å². The van der Waals surface area contributed by atoms with Crippen LogP contribution >= 0.6 is 0 Å². The maximum absolute atomic E-state index is 11.2. The fourth-order valence-corrected chi connectivity index (χ4v) is 1.64. The minimum absolute atomic E-state index is 0.154. The Morgan fingerprint density at radius 2 is 2.00 bits per heavy atom. The van der Waals surface area contributed by atoms with Gasteiger partial charge in [0.1, 0.15) is 6.54 Å². The van der Waals surface area contributed by atoms with Gasteiger partial charge in [0.05, 0.1) is 4.90 Å². The number of nitrogens with two attached hydrogens (primary N) is 1. The third-order valence-electron chi connectivity index (χ3n) is 1.82. The summed E-state index contributed by atoms with van der Waals surface area (Å²) in [6.07, 6.45) is 0. The first-order valence-electron chi connectivity index (χ1n) is 4.68. The van der Waals surface area contributed by atoms with Gasteiger partial charge in [0.2, 0.25) is 10.0 Å². The van der Waals surface area contributed by atoms with Gasteiger partial charge in [-0.05, 0) is 18.2 Å². The molecule has 0 saturated heterocycles. The fourth-order valence-electron chi connectivity index (χ4n) is 1.08. The zero-order chi connectivity index (χ0) is 13.8. The molecule has 9 heteroatoms. The Kier molecular flexibility index (Phi) is 4.23. The lowest BCUT2D eigenvalue weighted by atomic mass is 10.3. The predicted molar refractivity (Wildman–Crippen MR) is 62.5 cm³/mol. The van der Waals surface area contributed by atoms with Crippen LogP contribution in [0.5, 0.6) is 0 Å². The number of primary sulfonamides is 1. The molecule has 0 aromatic heterocycles. The monoisotopic (exact) mass is 273 g/mol. The molecule has 0 heterocycles. The summed E-state index contributed by atoms with van der Waals surface area (Å²) >= 11 is 0. The molecule has 1 aromatic carbocycles. The van der Waals surface area contributed by atoms with Crippen LogP contribution in [-0.4, -0.2) is 32.1 Å². The van der Waals surface area contributed by atoms with Crippen LogP contribution in [0.15, 0.2) is 29.2 Å². The SMILES string of the molecule is NS(=O)(=O)c1cccc(NC(=O)NCC(=O)O)c1. The Bertz CT molecular complexity index is 569. The first kappa shape index (κ1) is 13.9. The highest BCUT2D eigenvalue weighted by atomic mass is 32.2. The number of anilines is 1. The molecule has 0 bridgehead atoms. The number of urea groups is 1. The average molecular weight is 273 g/mol. The number of hydrogen-bond donors (Lipinski definition) is 4. The van der Waals surface area contributed by atoms with E-state index in [0.29, 0.717) is 0 Å². The molecular formula is C9H11N3O5S. The Hall–Kier alpha value is -2.13. The number of carbonyl (C=O) groups is 2. The van der Waals surface area contributed by atoms with Crippen molar-refractivity contribution in [3.8, 4) is 0 Å². The summed E-state index contributed by atoms with van der Waals surface area (Å²) < 4.78 is 22.1. The molecule has 5 N–H and O–H groups in total. The zero-order valence-corrected chi connectivity index (χ0v) is 9.90. The van der Waals surface area contributed by atoms with Gasteiger partial charge in [-0.25, -0.2) is 18.4 Å². The van der Waals surface area contributed by atoms with E-state index >= 15 is 0 Å². The normalized spacial score (nSPS) is 10.7. The minimum Gasteiger partial charge on any atom is -0.480 e. The van der Waals surface area contributed by atoms with E-state index in [1.807, 2.05) is 0 Å². The number of hydrogen-bond acceptors (Lipinski definition) is 4. The van der Waals surface area contributed by atoms with E-state index in [2.05, 4.69) is 10.6 Å². The summed E-state index contributed by atoms with van der Waals surface area (Å²) in [5.74, 6) is -1.19. The molecule has 0 unspecified atom stereocenters. The number of nitrogens with one attached hydrogen (secondary N) is 2. The zero-order valence-electron chi connectivity index (χ0n) is 9.08. The summed E-state index contributed by atoms with van der Waals surface area (Å²) in [7, 11) is -3.85. The number of sulfonamides is 1. The van der Waals surface area contributed by atoms with Crippen LogP contribution in [-0.2, 0) is 14.8 Å². The van der Waals surface area contributed by atoms with Crippen molar-refractivity contribution in [1.29, 1.82) is 0 Å². The molecule has 98 valence electrons. The van der Waals surface area contributed by atoms with Gasteiger partial charge in [0, 0.05) is 5.69 Å². The van der Waals surface area contributed by atoms with Crippen molar-refractivity contribution in [3.05, 3.63) is 24.3 Å². The molecule has 18 heavy (non-hydrogen) atoms. The molecule has 0 aliphatic rings. The summed E-state index contributed by atoms with van der Waals surface area (Å²) in [6.45, 7) is -0.541. The molecule has 0 spiro atoms. The van der Waals surface area contributed by atoms with Crippen molar-refractivity contribution >= 4 is 27.7 Å². The lowest BCUT2D eigenvalue weighted by Gasteiger charge is -2.06. The van der Waals surface area contributed by atoms with E-state index in [0.717, 1.165) is 6.07 Å². The summed E-state index contributed by atoms with van der Waals surface area (Å²) in [4.78, 5) is 21.3. The second-order valence-corrected chi connectivity index (χ2v) is 4.84. The number of rotatable bonds is 4. The molecule has 1 aromatic rings. The lowest BCUT2D eigenvalue weighted by molar-refractivity contribution is -0.135. The van der Waals surface area contributed by atoms with Gasteiger partial charge < -0.3 is 15.7 Å². The molecule has 0 saturated carbocycles. The van der Waals surface area contributed by atoms with Gasteiger partial charge >= 0.3 is 12.0 Å². The number of benzene rings is 1. The third-order valence-corrected chi connectivity index (χ3v) is 2.73. The molecule has 0 aliphatic heterocycles. The van der Waals surface area contributed by atoms with Gasteiger partial charge in [-0.2, -0.15) is 0 Å². The Labute approximate surface area is 103 Å². The van der Waals surface area contributed by atoms with Crippen molar-refractivity contribution in [3.63, 3.8) is 0 Å². The highest BCUT2D eigenvalue weighted by Crippen LogP contribution is 2.13. The van der Waals surface area contributed by atoms with E-state index in [4.69, 9.17) is 10.2 Å². The van der Waals surface area contributed by atoms with Gasteiger partial charge in [-0.3, -0.25) is 4.79 Å². The Balaban J connectivity index is 2.74. The number of aliphatic carboxylic acids is 1. The Morgan fingerprint density at radius 1 is 1.33 bits per heavy atom. The van der Waals surface area contributed by atoms with E-state index in [1.54, 1.807) is 0 Å². The van der Waals surface area contributed by atoms with Crippen molar-refractivity contribution in [2.24, 2.45) is 5.14 Å². The standard InChI is InChI=1S/C9H11N3O5S/c10-18(16,17)7-3-1-2-6(4-7)12-9(15)11-5-8(13)14/h1-4H,5H2,(H,13,14)(H2,10,16,17)(H2,11,12,15). The predicted octanol–water partition coefficient (Wildman–Crippen LogP) is -0.460. The molecular weight excluding hydrogens is 262 g/mol. The van der Waals surface area contributed by atoms with Gasteiger partial charge in [0.15, 0.2) is 0 Å². The molecule has 0 radical (unpaired) electrons. The summed E-state index contributed by atoms with van der Waals surface area (Å²) in [6, 6.07) is 4.51. The van der Waals surface area contributed by atoms with Crippen molar-refractivity contribution < 1.29 is 23.1 Å². The Morgan fingerprint density at radius 3 is 2.56 bits per heavy atom. The number of amides is 2. The summed E-state index contributed by atoms with van der Waals surface area (Å²) in [5, 5.41) is 17.6. The number of carbonyl (C=O) groups excluding carboxylic acids is 1. The minimum atomic E-state index is -3.85. The second-order valence-electron chi connectivity index (χ2n) is 3.27. The third kappa shape index (κ3) is 4.39. The van der Waals surface area contributed by atoms with E-state index in [9.17, 15) is 18.0 Å². The highest BCUT2D eigenvalue weighted by molar-refractivity contribution is 7.89. The maximum Gasteiger partial charge on any atom is 0.323 e. The first-order valence-corrected chi connectivity index (χ1v) is 6.23. The van der Waals surface area contributed by atoms with Crippen LogP contribution in [0.4, 0.5) is 10.5 Å². The maximum atomic E-state index is 11.2. The largest absolute Gasteiger partial charge is 0.480 e. The van der Waals surface area contributed by atoms with Crippen molar-refractivity contribution in [1.82, 2.24) is 5.32 Å². The average Bonchev–Trinajstić information content (AvgIpc) is 2.25. The smallest absolute Gasteiger partial charge is 0.323 e. The van der Waals surface area contributed by atoms with Crippen molar-refractivity contribution in [2.45, 2.75) is 4.90 Å². The topological polar surface area (TPSA) is 139 Å². The number of carboxylic acids is 1. The highest BCUT2D eigenvalue weighted by Gasteiger charge is 2.09. The number of carboxylic acid groups (broad SMARTS) is 1. The molecule has 0 atom stereocenters. The van der Waals surface area contributed by atoms with Crippen LogP contribution in [0.3, 0.4) is 0 Å². The van der Waals surface area contributed by atoms with Crippen LogP contribution in [0.2, 0.25) is 0 Å². The quantitative estimate of drug-likeness (QED) is 0.588. The van der Waals surface area contributed by atoms with Crippen molar-refractivity contribution in [2.75, 3.05) is 11.9 Å². The molecule has 0 fully saturated rings. The van der Waals surface area contributed by atoms with E-state index in [1.165, 1.54) is 18.2 Å². The lowest BCUT2D eigenvalue weighted by Crippen LogP contribution is -2.33. The van der Waals surface area contributed by atoms with Gasteiger partial charge in [-0.1, -0.05) is 6.07 Å². The van der Waals surface area contributed by atoms with Crippen LogP contribution in [0, 0.1) is 0 Å². The van der Waals surface area contributed by atoms with Crippen LogP contribution in [0.25, 0.3) is 0 Å². The molecule has 8 nitrogen and oxygen atoms in total. The molecule has 0 aliphatic carbocycles. The van der Waals surface area contributed by atoms with Crippen LogP contribution < -0.4 is 15.8 Å². The molecule has 2 amide bonds. The van der Waals surface area contributed by atoms with Gasteiger partial charge in [-0.15, -0.1) is 0 Å². The van der Waals surface area contributed by atoms with Gasteiger partial charge in [0.25, 0.3) is 0 Å². The first-order chi connectivity index (χ1) is 8.29. The fraction of sp³-hybridized carbons (Fsp3) is 0.111.